The van der Waals surface area contributed by atoms with Crippen molar-refractivity contribution < 1.29 is 23.7 Å². The van der Waals surface area contributed by atoms with E-state index in [0.29, 0.717) is 70.3 Å². The van der Waals surface area contributed by atoms with Gasteiger partial charge in [0, 0.05) is 33.7 Å². The van der Waals surface area contributed by atoms with Crippen LogP contribution in [0.25, 0.3) is 21.5 Å². The molecule has 0 aromatic heterocycles. The lowest BCUT2D eigenvalue weighted by molar-refractivity contribution is 0.104. The fraction of sp³-hybridized carbons (Fsp3) is 0.118. The van der Waals surface area contributed by atoms with Crippen molar-refractivity contribution in [2.24, 2.45) is 0 Å². The summed E-state index contributed by atoms with van der Waals surface area (Å²) >= 11 is 0. The number of hydrogen-bond acceptors (Lipinski definition) is 5. The Morgan fingerprint density at radius 1 is 0.429 bits per heavy atom. The first-order chi connectivity index (χ1) is 27.7. The standard InChI is InChI=1S/C51H42O5/c52-47(41-26-11-4-12-27-41)43-30-16-31-44-46(43)49(55-36-39-22-9-3-10-23-39)51(54-35-33-38-20-7-2-8-21-38)50(53-34-17-24-37-18-5-1-6-19-37)48(44)56-45-32-15-28-40-25-13-14-29-42(40)45/h1-16,18-23,25-32H,17,24,33-36H2. The Morgan fingerprint density at radius 3 is 1.71 bits per heavy atom. The lowest BCUT2D eigenvalue weighted by Crippen LogP contribution is -2.11. The molecule has 0 bridgehead atoms. The smallest absolute Gasteiger partial charge is 0.208 e. The summed E-state index contributed by atoms with van der Waals surface area (Å²) in [4.78, 5) is 14.5. The lowest BCUT2D eigenvalue weighted by Gasteiger charge is -2.24. The number of hydrogen-bond donors (Lipinski definition) is 0. The van der Waals surface area contributed by atoms with Crippen molar-refractivity contribution in [3.8, 4) is 28.7 Å². The molecule has 0 unspecified atom stereocenters. The van der Waals surface area contributed by atoms with Crippen molar-refractivity contribution in [1.29, 1.82) is 0 Å². The molecule has 0 radical (unpaired) electrons. The van der Waals surface area contributed by atoms with Crippen LogP contribution in [0.3, 0.4) is 0 Å². The van der Waals surface area contributed by atoms with E-state index in [1.165, 1.54) is 5.56 Å². The third-order valence-electron chi connectivity index (χ3n) is 9.80. The van der Waals surface area contributed by atoms with Gasteiger partial charge in [-0.05, 0) is 41.0 Å². The van der Waals surface area contributed by atoms with Crippen LogP contribution < -0.4 is 18.9 Å². The van der Waals surface area contributed by atoms with Crippen molar-refractivity contribution in [1.82, 2.24) is 0 Å². The number of carbonyl (C=O) groups excluding carboxylic acids is 1. The topological polar surface area (TPSA) is 54.0 Å². The molecule has 5 nitrogen and oxygen atoms in total. The van der Waals surface area contributed by atoms with Gasteiger partial charge in [0.2, 0.25) is 11.5 Å². The second-order valence-corrected chi connectivity index (χ2v) is 13.6. The van der Waals surface area contributed by atoms with E-state index in [-0.39, 0.29) is 12.4 Å². The van der Waals surface area contributed by atoms with Gasteiger partial charge < -0.3 is 18.9 Å². The van der Waals surface area contributed by atoms with E-state index in [1.54, 1.807) is 0 Å². The third-order valence-corrected chi connectivity index (χ3v) is 9.80. The maximum absolute atomic E-state index is 14.5. The van der Waals surface area contributed by atoms with Gasteiger partial charge in [0.05, 0.1) is 13.2 Å². The lowest BCUT2D eigenvalue weighted by atomic mass is 9.95. The molecule has 0 aliphatic rings. The maximum Gasteiger partial charge on any atom is 0.208 e. The highest BCUT2D eigenvalue weighted by molar-refractivity contribution is 6.19. The van der Waals surface area contributed by atoms with Gasteiger partial charge in [-0.25, -0.2) is 0 Å². The molecule has 0 amide bonds. The molecule has 0 heterocycles. The Morgan fingerprint density at radius 2 is 0.982 bits per heavy atom. The molecule has 0 saturated carbocycles. The second-order valence-electron chi connectivity index (χ2n) is 13.6. The minimum absolute atomic E-state index is 0.136. The van der Waals surface area contributed by atoms with Gasteiger partial charge in [-0.3, -0.25) is 4.79 Å². The zero-order valence-corrected chi connectivity index (χ0v) is 31.1. The second kappa shape index (κ2) is 17.5. The monoisotopic (exact) mass is 734 g/mol. The molecule has 8 rings (SSSR count). The summed E-state index contributed by atoms with van der Waals surface area (Å²) in [6.07, 6.45) is 2.24. The Balaban J connectivity index is 1.33. The van der Waals surface area contributed by atoms with Gasteiger partial charge >= 0.3 is 0 Å². The summed E-state index contributed by atoms with van der Waals surface area (Å²) < 4.78 is 27.6. The molecule has 0 fully saturated rings. The van der Waals surface area contributed by atoms with Crippen molar-refractivity contribution in [3.05, 3.63) is 210 Å². The van der Waals surface area contributed by atoms with E-state index in [9.17, 15) is 4.79 Å². The summed E-state index contributed by atoms with van der Waals surface area (Å²) in [6, 6.07) is 59.8. The van der Waals surface area contributed by atoms with Crippen LogP contribution in [-0.2, 0) is 19.4 Å². The Bertz CT molecular complexity index is 2530. The molecule has 8 aromatic rings. The number of aryl methyl sites for hydroxylation is 1. The Labute approximate surface area is 327 Å². The number of benzene rings is 8. The summed E-state index contributed by atoms with van der Waals surface area (Å²) in [5, 5.41) is 3.27. The molecule has 276 valence electrons. The highest BCUT2D eigenvalue weighted by atomic mass is 16.6. The summed E-state index contributed by atoms with van der Waals surface area (Å²) in [7, 11) is 0. The van der Waals surface area contributed by atoms with Gasteiger partial charge in [0.15, 0.2) is 17.3 Å². The van der Waals surface area contributed by atoms with Crippen LogP contribution in [0.15, 0.2) is 182 Å². The van der Waals surface area contributed by atoms with Crippen molar-refractivity contribution in [2.75, 3.05) is 13.2 Å². The van der Waals surface area contributed by atoms with Gasteiger partial charge in [-0.2, -0.15) is 0 Å². The first-order valence-electron chi connectivity index (χ1n) is 19.1. The van der Waals surface area contributed by atoms with Crippen LogP contribution in [0.2, 0.25) is 0 Å². The molecule has 5 heteroatoms. The molecule has 8 aromatic carbocycles. The minimum atomic E-state index is -0.136. The fourth-order valence-electron chi connectivity index (χ4n) is 7.00. The molecular formula is C51H42O5. The molecule has 56 heavy (non-hydrogen) atoms. The van der Waals surface area contributed by atoms with E-state index in [2.05, 4.69) is 48.5 Å². The van der Waals surface area contributed by atoms with E-state index in [4.69, 9.17) is 18.9 Å². The van der Waals surface area contributed by atoms with Crippen LogP contribution >= 0.6 is 0 Å². The SMILES string of the molecule is O=C(c1ccccc1)c1cccc2c(Oc3cccc4ccccc34)c(OCCCc3ccccc3)c(OCCc3ccccc3)c(OCc3ccccc3)c12. The minimum Gasteiger partial charge on any atom is -0.486 e. The predicted molar refractivity (Wildman–Crippen MR) is 225 cm³/mol. The van der Waals surface area contributed by atoms with E-state index in [1.807, 2.05) is 133 Å². The molecule has 0 saturated heterocycles. The quantitative estimate of drug-likeness (QED) is 0.0731. The van der Waals surface area contributed by atoms with Crippen LogP contribution in [0.4, 0.5) is 0 Å². The molecular weight excluding hydrogens is 693 g/mol. The fourth-order valence-corrected chi connectivity index (χ4v) is 7.00. The van der Waals surface area contributed by atoms with Crippen LogP contribution in [0, 0.1) is 0 Å². The predicted octanol–water partition coefficient (Wildman–Crippen LogP) is 12.2. The van der Waals surface area contributed by atoms with E-state index in [0.717, 1.165) is 34.7 Å². The molecule has 0 spiro atoms. The van der Waals surface area contributed by atoms with E-state index < -0.39 is 0 Å². The first kappa shape index (κ1) is 36.1. The average Bonchev–Trinajstić information content (AvgIpc) is 3.26. The van der Waals surface area contributed by atoms with Crippen molar-refractivity contribution >= 4 is 27.3 Å². The highest BCUT2D eigenvalue weighted by Crippen LogP contribution is 2.54. The number of ether oxygens (including phenoxy) is 4. The summed E-state index contributed by atoms with van der Waals surface area (Å²) in [6.45, 7) is 0.970. The maximum atomic E-state index is 14.5. The zero-order valence-electron chi connectivity index (χ0n) is 31.1. The average molecular weight is 735 g/mol. The van der Waals surface area contributed by atoms with Gasteiger partial charge in [-0.15, -0.1) is 0 Å². The third kappa shape index (κ3) is 8.28. The largest absolute Gasteiger partial charge is 0.486 e. The van der Waals surface area contributed by atoms with Crippen molar-refractivity contribution in [3.63, 3.8) is 0 Å². The zero-order chi connectivity index (χ0) is 37.9. The molecule has 0 aliphatic carbocycles. The first-order valence-corrected chi connectivity index (χ1v) is 19.1. The molecule has 0 atom stereocenters. The highest BCUT2D eigenvalue weighted by Gasteiger charge is 2.29. The molecule has 0 aliphatic heterocycles. The summed E-state index contributed by atoms with van der Waals surface area (Å²) in [5.74, 6) is 2.24. The number of ketones is 1. The Hall–Kier alpha value is -6.85. The van der Waals surface area contributed by atoms with Gasteiger partial charge in [0.1, 0.15) is 12.4 Å². The van der Waals surface area contributed by atoms with Crippen LogP contribution in [0.1, 0.15) is 39.0 Å². The normalized spacial score (nSPS) is 11.0. The van der Waals surface area contributed by atoms with Crippen molar-refractivity contribution in [2.45, 2.75) is 25.9 Å². The van der Waals surface area contributed by atoms with Gasteiger partial charge in [-0.1, -0.05) is 176 Å². The Kier molecular flexibility index (Phi) is 11.3. The van der Waals surface area contributed by atoms with Gasteiger partial charge in [0.25, 0.3) is 0 Å². The number of fused-ring (bicyclic) bond motifs is 2. The molecule has 0 N–H and O–H groups in total. The number of carbonyl (C=O) groups is 1. The van der Waals surface area contributed by atoms with Crippen LogP contribution in [0.5, 0.6) is 28.7 Å². The van der Waals surface area contributed by atoms with E-state index >= 15 is 0 Å². The number of rotatable bonds is 16. The summed E-state index contributed by atoms with van der Waals surface area (Å²) in [5.41, 5.74) is 4.39. The van der Waals surface area contributed by atoms with Crippen LogP contribution in [-0.4, -0.2) is 19.0 Å².